The molecule has 0 atom stereocenters. The second kappa shape index (κ2) is 6.56. The zero-order valence-corrected chi connectivity index (χ0v) is 11.0. The summed E-state index contributed by atoms with van der Waals surface area (Å²) in [4.78, 5) is 0. The maximum Gasteiger partial charge on any atom is 3.00 e. The minimum absolute atomic E-state index is 0. The molecule has 0 nitrogen and oxygen atoms in total. The average Bonchev–Trinajstić information content (AvgIpc) is 1.59. The van der Waals surface area contributed by atoms with E-state index in [4.69, 9.17) is 0 Å². The van der Waals surface area contributed by atoms with Gasteiger partial charge in [0.25, 0.3) is 0 Å². The van der Waals surface area contributed by atoms with Gasteiger partial charge in [0.05, 0.1) is 0 Å². The zero-order chi connectivity index (χ0) is 8.31. The van der Waals surface area contributed by atoms with Crippen LogP contribution < -0.4 is 0 Å². The summed E-state index contributed by atoms with van der Waals surface area (Å²) in [5, 5.41) is 0. The van der Waals surface area contributed by atoms with Gasteiger partial charge in [-0.05, 0) is 17.0 Å². The first-order chi connectivity index (χ1) is 4.46. The van der Waals surface area contributed by atoms with Gasteiger partial charge >= 0.3 is 19.5 Å². The third-order valence-corrected chi connectivity index (χ3v) is 5.37. The van der Waals surface area contributed by atoms with E-state index in [1.54, 1.807) is 0 Å². The van der Waals surface area contributed by atoms with E-state index in [-0.39, 0.29) is 27.4 Å². The van der Waals surface area contributed by atoms with Crippen LogP contribution in [0.3, 0.4) is 0 Å². The summed E-state index contributed by atoms with van der Waals surface area (Å²) in [6.45, 7) is 14.1. The van der Waals surface area contributed by atoms with Crippen LogP contribution in [-0.4, -0.2) is 17.0 Å². The fourth-order valence-corrected chi connectivity index (χ4v) is 5.37. The van der Waals surface area contributed by atoms with E-state index in [0.717, 1.165) is 17.0 Å². The molecule has 0 amide bonds. The van der Waals surface area contributed by atoms with Gasteiger partial charge in [0.15, 0.2) is 0 Å². The van der Waals surface area contributed by atoms with Gasteiger partial charge in [-0.25, -0.2) is 0 Å². The molecule has 0 aliphatic carbocycles. The van der Waals surface area contributed by atoms with Gasteiger partial charge in [-0.3, -0.25) is 0 Å². The van der Waals surface area contributed by atoms with Crippen LogP contribution in [0.25, 0.3) is 0 Å². The van der Waals surface area contributed by atoms with E-state index in [0.29, 0.717) is 0 Å². The van der Waals surface area contributed by atoms with Crippen LogP contribution in [0, 0.1) is 0 Å². The molecule has 0 bridgehead atoms. The van der Waals surface area contributed by atoms with Crippen molar-refractivity contribution < 1.29 is 19.5 Å². The third-order valence-electron chi connectivity index (χ3n) is 1.79. The maximum atomic E-state index is 2.35. The summed E-state index contributed by atoms with van der Waals surface area (Å²) >= 11 is 0. The van der Waals surface area contributed by atoms with Crippen molar-refractivity contribution in [2.45, 2.75) is 58.5 Å². The van der Waals surface area contributed by atoms with Crippen molar-refractivity contribution in [2.24, 2.45) is 0 Å². The summed E-state index contributed by atoms with van der Waals surface area (Å²) in [5.74, 6) is 0. The first-order valence-electron chi connectivity index (χ1n) is 4.24. The van der Waals surface area contributed by atoms with Crippen molar-refractivity contribution in [3.05, 3.63) is 0 Å². The Kier molecular flexibility index (Phi) is 8.68. The number of hydrogen-bond acceptors (Lipinski definition) is 0. The topological polar surface area (TPSA) is 0 Å². The van der Waals surface area contributed by atoms with E-state index in [1.165, 1.54) is 0 Å². The summed E-state index contributed by atoms with van der Waals surface area (Å²) in [6, 6.07) is 0. The van der Waals surface area contributed by atoms with Crippen molar-refractivity contribution in [3.8, 4) is 0 Å². The smallest absolute Gasteiger partial charge is 0.0988 e. The Balaban J connectivity index is 0. The van der Waals surface area contributed by atoms with Gasteiger partial charge in [0.2, 0.25) is 0 Å². The molecule has 0 aliphatic heterocycles. The van der Waals surface area contributed by atoms with Crippen molar-refractivity contribution in [3.63, 3.8) is 0 Å². The van der Waals surface area contributed by atoms with E-state index < -0.39 is 0 Å². The van der Waals surface area contributed by atoms with Crippen molar-refractivity contribution in [2.75, 3.05) is 0 Å². The molecule has 0 aliphatic rings. The molecule has 0 aromatic carbocycles. The Morgan fingerprint density at radius 2 is 0.818 bits per heavy atom. The molecule has 0 heterocycles. The van der Waals surface area contributed by atoms with Gasteiger partial charge in [0, 0.05) is 0 Å². The van der Waals surface area contributed by atoms with E-state index in [1.807, 2.05) is 0 Å². The molecule has 0 N–H and O–H groups in total. The Labute approximate surface area is 86.0 Å². The SMILES string of the molecule is CC(C)P(C(C)C)C(C)C.[Rh+3]. The fraction of sp³-hybridized carbons (Fsp3) is 1.00. The first kappa shape index (κ1) is 14.6. The molecule has 0 spiro atoms. The van der Waals surface area contributed by atoms with E-state index >= 15 is 0 Å². The molecule has 0 saturated heterocycles. The maximum absolute atomic E-state index is 2.35. The molecule has 68 valence electrons. The Bertz CT molecular complexity index is 70.5. The molecular weight excluding hydrogens is 242 g/mol. The summed E-state index contributed by atoms with van der Waals surface area (Å²) < 4.78 is 0. The number of rotatable bonds is 3. The summed E-state index contributed by atoms with van der Waals surface area (Å²) in [6.07, 6.45) is 0. The molecule has 0 unspecified atom stereocenters. The molecule has 0 rings (SSSR count). The van der Waals surface area contributed by atoms with Crippen molar-refractivity contribution in [1.82, 2.24) is 0 Å². The molecule has 0 saturated carbocycles. The fourth-order valence-electron chi connectivity index (χ4n) is 1.79. The predicted molar refractivity (Wildman–Crippen MR) is 52.3 cm³/mol. The van der Waals surface area contributed by atoms with Crippen molar-refractivity contribution >= 4 is 7.92 Å². The third kappa shape index (κ3) is 5.32. The molecule has 11 heavy (non-hydrogen) atoms. The second-order valence-corrected chi connectivity index (χ2v) is 7.72. The van der Waals surface area contributed by atoms with Gasteiger partial charge < -0.3 is 0 Å². The molecule has 0 radical (unpaired) electrons. The van der Waals surface area contributed by atoms with Gasteiger partial charge in [-0.15, -0.1) is 0 Å². The summed E-state index contributed by atoms with van der Waals surface area (Å²) in [5.41, 5.74) is 2.69. The predicted octanol–water partition coefficient (Wildman–Crippen LogP) is 3.69. The quantitative estimate of drug-likeness (QED) is 0.538. The average molecular weight is 263 g/mol. The number of hydrogen-bond donors (Lipinski definition) is 0. The normalized spacial score (nSPS) is 11.5. The first-order valence-corrected chi connectivity index (χ1v) is 5.79. The Hall–Kier alpha value is 1.05. The minimum Gasteiger partial charge on any atom is -0.0988 e. The minimum atomic E-state index is 0. The van der Waals surface area contributed by atoms with Gasteiger partial charge in [-0.2, -0.15) is 0 Å². The van der Waals surface area contributed by atoms with Crippen LogP contribution in [0.4, 0.5) is 0 Å². The van der Waals surface area contributed by atoms with Gasteiger partial charge in [0.1, 0.15) is 0 Å². The van der Waals surface area contributed by atoms with Crippen LogP contribution in [0.1, 0.15) is 41.5 Å². The van der Waals surface area contributed by atoms with Crippen LogP contribution in [0.2, 0.25) is 0 Å². The van der Waals surface area contributed by atoms with E-state index in [9.17, 15) is 0 Å². The Morgan fingerprint density at radius 3 is 0.818 bits per heavy atom. The standard InChI is InChI=1S/C9H21P.Rh/c1-7(2)10(8(3)4)9(5)6;/h7-9H,1-6H3;/q;+3. The van der Waals surface area contributed by atoms with Crippen LogP contribution in [0.15, 0.2) is 0 Å². The van der Waals surface area contributed by atoms with Crippen LogP contribution in [0.5, 0.6) is 0 Å². The van der Waals surface area contributed by atoms with Gasteiger partial charge in [-0.1, -0.05) is 49.5 Å². The monoisotopic (exact) mass is 263 g/mol. The molecule has 0 fully saturated rings. The zero-order valence-electron chi connectivity index (χ0n) is 8.51. The molecule has 0 aromatic rings. The van der Waals surface area contributed by atoms with Crippen LogP contribution >= 0.6 is 7.92 Å². The molecular formula is C9H21PRh+3. The largest absolute Gasteiger partial charge is 3.00 e. The van der Waals surface area contributed by atoms with Crippen molar-refractivity contribution in [1.29, 1.82) is 0 Å². The van der Waals surface area contributed by atoms with E-state index in [2.05, 4.69) is 41.5 Å². The summed E-state index contributed by atoms with van der Waals surface area (Å²) in [7, 11) is 0.262. The van der Waals surface area contributed by atoms with Crippen LogP contribution in [-0.2, 0) is 19.5 Å². The molecule has 0 aromatic heterocycles. The Morgan fingerprint density at radius 1 is 0.636 bits per heavy atom. The molecule has 2 heteroatoms. The second-order valence-electron chi connectivity index (χ2n) is 3.73.